The predicted molar refractivity (Wildman–Crippen MR) is 41.7 cm³/mol. The Labute approximate surface area is 61.4 Å². The monoisotopic (exact) mass is 136 g/mol. The minimum absolute atomic E-state index is 0.205. The molecule has 0 N–H and O–H groups in total. The molecule has 0 fully saturated rings. The van der Waals surface area contributed by atoms with Crippen molar-refractivity contribution in [3.63, 3.8) is 0 Å². The highest BCUT2D eigenvalue weighted by atomic mass is 16.1. The summed E-state index contributed by atoms with van der Waals surface area (Å²) in [6.45, 7) is 3.67. The molecule has 0 saturated carbocycles. The summed E-state index contributed by atoms with van der Waals surface area (Å²) in [6, 6.07) is 0. The minimum atomic E-state index is 0.205. The summed E-state index contributed by atoms with van der Waals surface area (Å²) in [7, 11) is 0. The number of Topliss-reactive ketones (excluding diaryl/α,β-unsaturated/α-hetero) is 1. The molecule has 1 rings (SSSR count). The largest absolute Gasteiger partial charge is 0.295 e. The molecule has 0 amide bonds. The second-order valence-corrected chi connectivity index (χ2v) is 2.67. The van der Waals surface area contributed by atoms with Crippen LogP contribution in [0.1, 0.15) is 20.3 Å². The lowest BCUT2D eigenvalue weighted by molar-refractivity contribution is -0.114. The van der Waals surface area contributed by atoms with Crippen LogP contribution in [0.3, 0.4) is 0 Å². The molecule has 0 bridgehead atoms. The van der Waals surface area contributed by atoms with E-state index in [1.807, 2.05) is 13.0 Å². The van der Waals surface area contributed by atoms with E-state index in [0.717, 1.165) is 12.0 Å². The SMILES string of the molecule is CC(=O)C1=CCC=CC1C. The van der Waals surface area contributed by atoms with Crippen LogP contribution in [0.15, 0.2) is 23.8 Å². The van der Waals surface area contributed by atoms with Gasteiger partial charge in [-0.15, -0.1) is 0 Å². The standard InChI is InChI=1S/C9H12O/c1-7-5-3-4-6-9(7)8(2)10/h3,5-7H,4H2,1-2H3. The number of ketones is 1. The molecule has 0 aliphatic heterocycles. The van der Waals surface area contributed by atoms with Crippen molar-refractivity contribution in [2.24, 2.45) is 5.92 Å². The smallest absolute Gasteiger partial charge is 0.156 e. The van der Waals surface area contributed by atoms with Crippen molar-refractivity contribution in [2.45, 2.75) is 20.3 Å². The van der Waals surface area contributed by atoms with Gasteiger partial charge in [-0.25, -0.2) is 0 Å². The zero-order chi connectivity index (χ0) is 7.56. The summed E-state index contributed by atoms with van der Waals surface area (Å²) in [5.74, 6) is 0.531. The quantitative estimate of drug-likeness (QED) is 0.504. The van der Waals surface area contributed by atoms with Crippen LogP contribution in [-0.2, 0) is 4.79 Å². The van der Waals surface area contributed by atoms with E-state index in [0.29, 0.717) is 5.92 Å². The molecular formula is C9H12O. The van der Waals surface area contributed by atoms with Gasteiger partial charge in [0.1, 0.15) is 0 Å². The number of rotatable bonds is 1. The molecule has 0 radical (unpaired) electrons. The van der Waals surface area contributed by atoms with Crippen molar-refractivity contribution < 1.29 is 4.79 Å². The molecular weight excluding hydrogens is 124 g/mol. The summed E-state index contributed by atoms with van der Waals surface area (Å²) < 4.78 is 0. The van der Waals surface area contributed by atoms with E-state index in [4.69, 9.17) is 0 Å². The predicted octanol–water partition coefficient (Wildman–Crippen LogP) is 2.10. The van der Waals surface area contributed by atoms with Gasteiger partial charge in [0.05, 0.1) is 0 Å². The molecule has 0 spiro atoms. The molecule has 1 heteroatoms. The first-order valence-corrected chi connectivity index (χ1v) is 3.59. The van der Waals surface area contributed by atoms with Crippen LogP contribution >= 0.6 is 0 Å². The van der Waals surface area contributed by atoms with Gasteiger partial charge in [-0.05, 0) is 18.9 Å². The zero-order valence-electron chi connectivity index (χ0n) is 6.42. The molecule has 0 aromatic rings. The van der Waals surface area contributed by atoms with Crippen LogP contribution in [0.2, 0.25) is 0 Å². The molecule has 1 atom stereocenters. The van der Waals surface area contributed by atoms with E-state index in [-0.39, 0.29) is 5.78 Å². The van der Waals surface area contributed by atoms with Crippen molar-refractivity contribution in [3.05, 3.63) is 23.8 Å². The number of hydrogen-bond acceptors (Lipinski definition) is 1. The zero-order valence-corrected chi connectivity index (χ0v) is 6.42. The summed E-state index contributed by atoms with van der Waals surface area (Å²) in [6.07, 6.45) is 7.10. The lowest BCUT2D eigenvalue weighted by atomic mass is 9.93. The molecule has 1 unspecified atom stereocenters. The molecule has 0 saturated heterocycles. The van der Waals surface area contributed by atoms with Crippen LogP contribution < -0.4 is 0 Å². The van der Waals surface area contributed by atoms with Crippen molar-refractivity contribution in [3.8, 4) is 0 Å². The number of carbonyl (C=O) groups is 1. The van der Waals surface area contributed by atoms with E-state index in [2.05, 4.69) is 12.2 Å². The molecule has 1 aliphatic carbocycles. The number of hydrogen-bond donors (Lipinski definition) is 0. The van der Waals surface area contributed by atoms with Crippen molar-refractivity contribution in [2.75, 3.05) is 0 Å². The second-order valence-electron chi connectivity index (χ2n) is 2.67. The van der Waals surface area contributed by atoms with E-state index in [1.165, 1.54) is 0 Å². The average Bonchev–Trinajstić information content (AvgIpc) is 1.88. The van der Waals surface area contributed by atoms with E-state index in [9.17, 15) is 4.79 Å². The maximum atomic E-state index is 10.9. The van der Waals surface area contributed by atoms with Gasteiger partial charge in [-0.3, -0.25) is 4.79 Å². The maximum Gasteiger partial charge on any atom is 0.156 e. The van der Waals surface area contributed by atoms with Crippen LogP contribution in [0.25, 0.3) is 0 Å². The Kier molecular flexibility index (Phi) is 2.05. The van der Waals surface area contributed by atoms with Gasteiger partial charge in [0, 0.05) is 5.92 Å². The molecule has 1 nitrogen and oxygen atoms in total. The summed E-state index contributed by atoms with van der Waals surface area (Å²) in [5.41, 5.74) is 0.961. The molecule has 54 valence electrons. The fraction of sp³-hybridized carbons (Fsp3) is 0.444. The van der Waals surface area contributed by atoms with Gasteiger partial charge in [0.2, 0.25) is 0 Å². The van der Waals surface area contributed by atoms with Gasteiger partial charge in [-0.2, -0.15) is 0 Å². The fourth-order valence-corrected chi connectivity index (χ4v) is 1.23. The van der Waals surface area contributed by atoms with Crippen LogP contribution in [0.4, 0.5) is 0 Å². The van der Waals surface area contributed by atoms with Gasteiger partial charge in [0.15, 0.2) is 5.78 Å². The Morgan fingerprint density at radius 2 is 2.40 bits per heavy atom. The summed E-state index contributed by atoms with van der Waals surface area (Å²) in [4.78, 5) is 10.9. The topological polar surface area (TPSA) is 17.1 Å². The number of allylic oxidation sites excluding steroid dienone is 4. The number of carbonyl (C=O) groups excluding carboxylic acids is 1. The first kappa shape index (κ1) is 7.26. The summed E-state index contributed by atoms with van der Waals surface area (Å²) in [5, 5.41) is 0. The normalized spacial score (nSPS) is 24.2. The van der Waals surface area contributed by atoms with Gasteiger partial charge in [0.25, 0.3) is 0 Å². The Bertz CT molecular complexity index is 199. The van der Waals surface area contributed by atoms with Crippen molar-refractivity contribution in [1.82, 2.24) is 0 Å². The maximum absolute atomic E-state index is 10.9. The van der Waals surface area contributed by atoms with Crippen LogP contribution in [0.5, 0.6) is 0 Å². The third-order valence-corrected chi connectivity index (χ3v) is 1.80. The fourth-order valence-electron chi connectivity index (χ4n) is 1.23. The summed E-state index contributed by atoms with van der Waals surface area (Å²) >= 11 is 0. The third kappa shape index (κ3) is 1.35. The Morgan fingerprint density at radius 1 is 1.70 bits per heavy atom. The molecule has 10 heavy (non-hydrogen) atoms. The van der Waals surface area contributed by atoms with E-state index < -0.39 is 0 Å². The Hall–Kier alpha value is -0.850. The van der Waals surface area contributed by atoms with Gasteiger partial charge in [-0.1, -0.05) is 25.2 Å². The van der Waals surface area contributed by atoms with Crippen molar-refractivity contribution in [1.29, 1.82) is 0 Å². The molecule has 0 aromatic heterocycles. The van der Waals surface area contributed by atoms with E-state index in [1.54, 1.807) is 6.92 Å². The highest BCUT2D eigenvalue weighted by molar-refractivity contribution is 5.94. The molecule has 0 heterocycles. The first-order valence-electron chi connectivity index (χ1n) is 3.59. The van der Waals surface area contributed by atoms with E-state index >= 15 is 0 Å². The van der Waals surface area contributed by atoms with Crippen LogP contribution in [0, 0.1) is 5.92 Å². The average molecular weight is 136 g/mol. The Morgan fingerprint density at radius 3 is 2.80 bits per heavy atom. The molecule has 1 aliphatic rings. The highest BCUT2D eigenvalue weighted by Gasteiger charge is 2.11. The van der Waals surface area contributed by atoms with Gasteiger partial charge >= 0.3 is 0 Å². The third-order valence-electron chi connectivity index (χ3n) is 1.80. The minimum Gasteiger partial charge on any atom is -0.295 e. The first-order chi connectivity index (χ1) is 4.72. The molecule has 0 aromatic carbocycles. The lowest BCUT2D eigenvalue weighted by Crippen LogP contribution is -2.07. The second kappa shape index (κ2) is 2.82. The highest BCUT2D eigenvalue weighted by Crippen LogP contribution is 2.18. The lowest BCUT2D eigenvalue weighted by Gasteiger charge is -2.11. The van der Waals surface area contributed by atoms with Crippen molar-refractivity contribution >= 4 is 5.78 Å². The van der Waals surface area contributed by atoms with Crippen LogP contribution in [-0.4, -0.2) is 5.78 Å². The Balaban J connectivity index is 2.76. The van der Waals surface area contributed by atoms with Gasteiger partial charge < -0.3 is 0 Å².